The van der Waals surface area contributed by atoms with E-state index in [0.29, 0.717) is 18.4 Å². The fourth-order valence-corrected chi connectivity index (χ4v) is 3.21. The minimum Gasteiger partial charge on any atom is -0.396 e. The predicted molar refractivity (Wildman–Crippen MR) is 81.8 cm³/mol. The third-order valence-corrected chi connectivity index (χ3v) is 4.41. The molecule has 1 unspecified atom stereocenters. The van der Waals surface area contributed by atoms with E-state index in [9.17, 15) is 5.11 Å². The van der Waals surface area contributed by atoms with Crippen molar-refractivity contribution in [2.75, 3.05) is 18.1 Å². The molecule has 1 heterocycles. The molecule has 0 aliphatic carbocycles. The van der Waals surface area contributed by atoms with Gasteiger partial charge in [0.05, 0.1) is 0 Å². The maximum atomic E-state index is 9.36. The van der Waals surface area contributed by atoms with Gasteiger partial charge in [0.2, 0.25) is 0 Å². The summed E-state index contributed by atoms with van der Waals surface area (Å²) in [5.41, 5.74) is 2.84. The van der Waals surface area contributed by atoms with E-state index in [2.05, 4.69) is 56.9 Å². The van der Waals surface area contributed by atoms with Gasteiger partial charge in [-0.3, -0.25) is 0 Å². The van der Waals surface area contributed by atoms with Gasteiger partial charge >= 0.3 is 0 Å². The van der Waals surface area contributed by atoms with Crippen LogP contribution in [0.15, 0.2) is 24.3 Å². The molecule has 2 nitrogen and oxygen atoms in total. The monoisotopic (exact) mass is 261 g/mol. The van der Waals surface area contributed by atoms with Crippen molar-refractivity contribution in [1.29, 1.82) is 0 Å². The summed E-state index contributed by atoms with van der Waals surface area (Å²) in [6, 6.07) is 8.98. The largest absolute Gasteiger partial charge is 0.396 e. The number of benzene rings is 1. The van der Waals surface area contributed by atoms with Crippen LogP contribution in [0.2, 0.25) is 0 Å². The van der Waals surface area contributed by atoms with Crippen LogP contribution < -0.4 is 4.90 Å². The second kappa shape index (κ2) is 5.54. The molecule has 0 saturated carbocycles. The van der Waals surface area contributed by atoms with Crippen LogP contribution in [0.4, 0.5) is 5.69 Å². The van der Waals surface area contributed by atoms with E-state index in [4.69, 9.17) is 0 Å². The number of nitrogens with zero attached hydrogens (tertiary/aromatic N) is 1. The molecular formula is C17H27NO. The molecule has 0 amide bonds. The summed E-state index contributed by atoms with van der Waals surface area (Å²) >= 11 is 0. The number of piperidine rings is 1. The molecule has 1 fully saturated rings. The molecule has 0 spiro atoms. The molecule has 19 heavy (non-hydrogen) atoms. The molecule has 0 bridgehead atoms. The van der Waals surface area contributed by atoms with Crippen molar-refractivity contribution in [2.24, 2.45) is 5.92 Å². The number of aliphatic hydroxyl groups is 1. The van der Waals surface area contributed by atoms with E-state index in [1.807, 2.05) is 0 Å². The molecule has 1 aromatic rings. The average Bonchev–Trinajstić information content (AvgIpc) is 2.37. The Bertz CT molecular complexity index is 408. The van der Waals surface area contributed by atoms with E-state index in [1.165, 1.54) is 11.3 Å². The first-order valence-corrected chi connectivity index (χ1v) is 7.42. The molecule has 1 saturated heterocycles. The van der Waals surface area contributed by atoms with Crippen molar-refractivity contribution >= 4 is 5.69 Å². The van der Waals surface area contributed by atoms with Gasteiger partial charge in [0.1, 0.15) is 0 Å². The van der Waals surface area contributed by atoms with Gasteiger partial charge in [-0.05, 0) is 56.2 Å². The quantitative estimate of drug-likeness (QED) is 0.894. The number of hydrogen-bond donors (Lipinski definition) is 1. The van der Waals surface area contributed by atoms with E-state index in [0.717, 1.165) is 19.4 Å². The SMILES string of the molecule is CC(C)c1ccc(N2CCC(CO)CC2(C)C)cc1. The lowest BCUT2D eigenvalue weighted by Crippen LogP contribution is -2.50. The third kappa shape index (κ3) is 3.11. The van der Waals surface area contributed by atoms with Crippen molar-refractivity contribution in [1.82, 2.24) is 0 Å². The van der Waals surface area contributed by atoms with Gasteiger partial charge < -0.3 is 10.0 Å². The number of rotatable bonds is 3. The first kappa shape index (κ1) is 14.4. The number of anilines is 1. The Kier molecular flexibility index (Phi) is 4.19. The van der Waals surface area contributed by atoms with Crippen LogP contribution in [0.1, 0.15) is 52.0 Å². The summed E-state index contributed by atoms with van der Waals surface area (Å²) in [4.78, 5) is 2.49. The summed E-state index contributed by atoms with van der Waals surface area (Å²) in [5, 5.41) is 9.36. The Morgan fingerprint density at radius 3 is 2.37 bits per heavy atom. The lowest BCUT2D eigenvalue weighted by molar-refractivity contribution is 0.166. The maximum absolute atomic E-state index is 9.36. The lowest BCUT2D eigenvalue weighted by Gasteiger charge is -2.47. The second-order valence-electron chi connectivity index (χ2n) is 6.75. The highest BCUT2D eigenvalue weighted by Gasteiger charge is 2.34. The first-order chi connectivity index (χ1) is 8.94. The molecule has 2 heteroatoms. The molecule has 1 aromatic carbocycles. The van der Waals surface area contributed by atoms with Crippen LogP contribution in [0, 0.1) is 5.92 Å². The summed E-state index contributed by atoms with van der Waals surface area (Å²) in [5.74, 6) is 1.04. The molecule has 1 aliphatic heterocycles. The van der Waals surface area contributed by atoms with Crippen molar-refractivity contribution in [3.8, 4) is 0 Å². The Hall–Kier alpha value is -1.02. The summed E-state index contributed by atoms with van der Waals surface area (Å²) in [7, 11) is 0. The molecule has 0 radical (unpaired) electrons. The fourth-order valence-electron chi connectivity index (χ4n) is 3.21. The van der Waals surface area contributed by atoms with E-state index in [1.54, 1.807) is 0 Å². The van der Waals surface area contributed by atoms with Crippen LogP contribution in [0.25, 0.3) is 0 Å². The highest BCUT2D eigenvalue weighted by Crippen LogP contribution is 2.35. The summed E-state index contributed by atoms with van der Waals surface area (Å²) in [6.45, 7) is 10.4. The molecule has 1 atom stereocenters. The summed E-state index contributed by atoms with van der Waals surface area (Å²) < 4.78 is 0. The van der Waals surface area contributed by atoms with Gasteiger partial charge in [0.15, 0.2) is 0 Å². The smallest absolute Gasteiger partial charge is 0.0460 e. The molecule has 2 rings (SSSR count). The van der Waals surface area contributed by atoms with E-state index >= 15 is 0 Å². The molecular weight excluding hydrogens is 234 g/mol. The van der Waals surface area contributed by atoms with Gasteiger partial charge in [0.25, 0.3) is 0 Å². The van der Waals surface area contributed by atoms with Crippen molar-refractivity contribution in [2.45, 2.75) is 52.0 Å². The van der Waals surface area contributed by atoms with E-state index in [-0.39, 0.29) is 5.54 Å². The zero-order valence-electron chi connectivity index (χ0n) is 12.7. The Morgan fingerprint density at radius 1 is 1.26 bits per heavy atom. The van der Waals surface area contributed by atoms with Crippen LogP contribution >= 0.6 is 0 Å². The third-order valence-electron chi connectivity index (χ3n) is 4.41. The normalized spacial score (nSPS) is 22.8. The highest BCUT2D eigenvalue weighted by atomic mass is 16.3. The molecule has 1 N–H and O–H groups in total. The molecule has 1 aliphatic rings. The van der Waals surface area contributed by atoms with Crippen molar-refractivity contribution in [3.63, 3.8) is 0 Å². The van der Waals surface area contributed by atoms with Crippen LogP contribution in [0.3, 0.4) is 0 Å². The minimum absolute atomic E-state index is 0.130. The molecule has 0 aromatic heterocycles. The van der Waals surface area contributed by atoms with Crippen LogP contribution in [-0.2, 0) is 0 Å². The standard InChI is InChI=1S/C17H27NO/c1-13(2)15-5-7-16(8-6-15)18-10-9-14(12-19)11-17(18,3)4/h5-8,13-14,19H,9-12H2,1-4H3. The van der Waals surface area contributed by atoms with Crippen LogP contribution in [0.5, 0.6) is 0 Å². The highest BCUT2D eigenvalue weighted by molar-refractivity contribution is 5.50. The maximum Gasteiger partial charge on any atom is 0.0460 e. The van der Waals surface area contributed by atoms with Gasteiger partial charge in [-0.25, -0.2) is 0 Å². The average molecular weight is 261 g/mol. The Balaban J connectivity index is 2.17. The van der Waals surface area contributed by atoms with Crippen molar-refractivity contribution in [3.05, 3.63) is 29.8 Å². The lowest BCUT2D eigenvalue weighted by atomic mass is 9.82. The zero-order valence-corrected chi connectivity index (χ0v) is 12.7. The van der Waals surface area contributed by atoms with Gasteiger partial charge in [-0.1, -0.05) is 26.0 Å². The number of aliphatic hydroxyl groups excluding tert-OH is 1. The Labute approximate surface area is 117 Å². The minimum atomic E-state index is 0.130. The number of hydrogen-bond acceptors (Lipinski definition) is 2. The summed E-state index contributed by atoms with van der Waals surface area (Å²) in [6.07, 6.45) is 2.15. The Morgan fingerprint density at radius 2 is 1.89 bits per heavy atom. The second-order valence-corrected chi connectivity index (χ2v) is 6.75. The fraction of sp³-hybridized carbons (Fsp3) is 0.647. The predicted octanol–water partition coefficient (Wildman–Crippen LogP) is 3.80. The molecule has 106 valence electrons. The topological polar surface area (TPSA) is 23.5 Å². The van der Waals surface area contributed by atoms with E-state index < -0.39 is 0 Å². The van der Waals surface area contributed by atoms with Crippen LogP contribution in [-0.4, -0.2) is 23.8 Å². The van der Waals surface area contributed by atoms with Crippen molar-refractivity contribution < 1.29 is 5.11 Å². The zero-order chi connectivity index (χ0) is 14.0. The van der Waals surface area contributed by atoms with Gasteiger partial charge in [-0.15, -0.1) is 0 Å². The van der Waals surface area contributed by atoms with Gasteiger partial charge in [-0.2, -0.15) is 0 Å². The first-order valence-electron chi connectivity index (χ1n) is 7.42. The van der Waals surface area contributed by atoms with Gasteiger partial charge in [0, 0.05) is 24.4 Å².